The Bertz CT molecular complexity index is 1330. The van der Waals surface area contributed by atoms with Crippen LogP contribution < -0.4 is 9.64 Å². The van der Waals surface area contributed by atoms with E-state index in [2.05, 4.69) is 22.0 Å². The lowest BCUT2D eigenvalue weighted by Gasteiger charge is -2.41. The first kappa shape index (κ1) is 24.0. The molecule has 0 radical (unpaired) electrons. The van der Waals surface area contributed by atoms with Crippen molar-refractivity contribution >= 4 is 22.5 Å². The minimum absolute atomic E-state index is 0.0234. The van der Waals surface area contributed by atoms with Crippen molar-refractivity contribution < 1.29 is 14.3 Å². The van der Waals surface area contributed by atoms with Crippen molar-refractivity contribution in [2.75, 3.05) is 45.4 Å². The second-order valence-corrected chi connectivity index (χ2v) is 9.53. The lowest BCUT2D eigenvalue weighted by molar-refractivity contribution is -0.134. The van der Waals surface area contributed by atoms with Crippen molar-refractivity contribution in [1.29, 1.82) is 5.26 Å². The average molecular weight is 486 g/mol. The number of methoxy groups -OCH3 is 2. The van der Waals surface area contributed by atoms with Crippen LogP contribution in [-0.2, 0) is 9.53 Å². The topological polar surface area (TPSA) is 91.6 Å². The summed E-state index contributed by atoms with van der Waals surface area (Å²) in [5, 5.41) is 12.1. The van der Waals surface area contributed by atoms with Gasteiger partial charge < -0.3 is 19.3 Å². The molecule has 1 aliphatic heterocycles. The Kier molecular flexibility index (Phi) is 6.75. The maximum absolute atomic E-state index is 12.6. The van der Waals surface area contributed by atoms with Crippen molar-refractivity contribution in [3.05, 3.63) is 47.8 Å². The Balaban J connectivity index is 1.52. The van der Waals surface area contributed by atoms with Crippen molar-refractivity contribution in [2.45, 2.75) is 38.1 Å². The van der Waals surface area contributed by atoms with Gasteiger partial charge in [-0.05, 0) is 37.3 Å². The monoisotopic (exact) mass is 485 g/mol. The van der Waals surface area contributed by atoms with Crippen LogP contribution in [0.2, 0.25) is 0 Å². The first-order chi connectivity index (χ1) is 17.5. The first-order valence-corrected chi connectivity index (χ1v) is 12.5. The molecule has 186 valence electrons. The van der Waals surface area contributed by atoms with E-state index in [0.717, 1.165) is 40.4 Å². The van der Waals surface area contributed by atoms with Crippen LogP contribution in [-0.4, -0.2) is 67.3 Å². The Hall–Kier alpha value is -3.70. The Labute approximate surface area is 211 Å². The van der Waals surface area contributed by atoms with Gasteiger partial charge in [-0.2, -0.15) is 5.26 Å². The fourth-order valence-electron chi connectivity index (χ4n) is 5.12. The van der Waals surface area contributed by atoms with E-state index in [-0.39, 0.29) is 11.9 Å². The Morgan fingerprint density at radius 3 is 2.61 bits per heavy atom. The molecule has 1 aromatic carbocycles. The molecule has 8 heteroatoms. The van der Waals surface area contributed by atoms with Gasteiger partial charge in [0.05, 0.1) is 31.4 Å². The second-order valence-electron chi connectivity index (χ2n) is 9.53. The normalized spacial score (nSPS) is 17.8. The summed E-state index contributed by atoms with van der Waals surface area (Å²) in [7, 11) is 3.23. The molecule has 1 saturated heterocycles. The quantitative estimate of drug-likeness (QED) is 0.497. The van der Waals surface area contributed by atoms with Gasteiger partial charge in [0.15, 0.2) is 0 Å². The summed E-state index contributed by atoms with van der Waals surface area (Å²) in [6, 6.07) is 12.4. The van der Waals surface area contributed by atoms with Crippen molar-refractivity contribution in [3.63, 3.8) is 0 Å². The number of carbonyl (C=O) groups is 1. The number of ether oxygens (including phenoxy) is 2. The van der Waals surface area contributed by atoms with Crippen molar-refractivity contribution in [1.82, 2.24) is 14.9 Å². The number of carbonyl (C=O) groups excluding carboxylic acids is 1. The third-order valence-electron chi connectivity index (χ3n) is 7.13. The number of nitriles is 1. The van der Waals surface area contributed by atoms with Gasteiger partial charge in [0.25, 0.3) is 0 Å². The third-order valence-corrected chi connectivity index (χ3v) is 7.13. The summed E-state index contributed by atoms with van der Waals surface area (Å²) in [5.74, 6) is 1.77. The molecule has 1 saturated carbocycles. The molecule has 1 atom stereocenters. The SMILES string of the molecule is COCCC(=O)N1CCN(c2nc(C3CC3)c(-c3cnc(OC)c4ccccc34)cc2C#N)C[C@H]1C. The summed E-state index contributed by atoms with van der Waals surface area (Å²) in [6.07, 6.45) is 4.39. The van der Waals surface area contributed by atoms with Crippen molar-refractivity contribution in [2.24, 2.45) is 0 Å². The van der Waals surface area contributed by atoms with E-state index >= 15 is 0 Å². The molecule has 2 aromatic heterocycles. The number of hydrogen-bond donors (Lipinski definition) is 0. The first-order valence-electron chi connectivity index (χ1n) is 12.5. The maximum Gasteiger partial charge on any atom is 0.225 e. The Morgan fingerprint density at radius 1 is 1.17 bits per heavy atom. The van der Waals surface area contributed by atoms with Gasteiger partial charge >= 0.3 is 0 Å². The van der Waals surface area contributed by atoms with Gasteiger partial charge in [0.1, 0.15) is 11.9 Å². The molecule has 3 aromatic rings. The standard InChI is InChI=1S/C28H31N5O3/c1-18-17-32(11-12-33(18)25(34)10-13-35-2)27-20(15-29)14-23(26(31-27)19-8-9-19)24-16-30-28(36-3)22-7-5-4-6-21(22)24/h4-7,14,16,18-19H,8-13,17H2,1-3H3/t18-/m1/s1. The third kappa shape index (κ3) is 4.47. The number of benzene rings is 1. The number of amides is 1. The van der Waals surface area contributed by atoms with Gasteiger partial charge in [-0.25, -0.2) is 9.97 Å². The molecule has 1 amide bonds. The van der Waals surface area contributed by atoms with Gasteiger partial charge in [-0.1, -0.05) is 18.2 Å². The van der Waals surface area contributed by atoms with Crippen LogP contribution in [0.3, 0.4) is 0 Å². The lowest BCUT2D eigenvalue weighted by Crippen LogP contribution is -2.54. The molecule has 0 spiro atoms. The van der Waals surface area contributed by atoms with E-state index in [1.165, 1.54) is 0 Å². The molecule has 8 nitrogen and oxygen atoms in total. The fraction of sp³-hybridized carbons (Fsp3) is 0.429. The number of anilines is 1. The van der Waals surface area contributed by atoms with E-state index in [1.54, 1.807) is 14.2 Å². The van der Waals surface area contributed by atoms with Crippen LogP contribution >= 0.6 is 0 Å². The van der Waals surface area contributed by atoms with Gasteiger partial charge in [-0.3, -0.25) is 4.79 Å². The summed E-state index contributed by atoms with van der Waals surface area (Å²) in [5.41, 5.74) is 3.49. The molecular formula is C28H31N5O3. The highest BCUT2D eigenvalue weighted by atomic mass is 16.5. The predicted molar refractivity (Wildman–Crippen MR) is 138 cm³/mol. The number of hydrogen-bond acceptors (Lipinski definition) is 7. The minimum Gasteiger partial charge on any atom is -0.481 e. The van der Waals surface area contributed by atoms with Crippen molar-refractivity contribution in [3.8, 4) is 23.1 Å². The van der Waals surface area contributed by atoms with Crippen LogP contribution in [0.5, 0.6) is 5.88 Å². The number of fused-ring (bicyclic) bond motifs is 1. The molecule has 0 bridgehead atoms. The molecule has 36 heavy (non-hydrogen) atoms. The zero-order valence-corrected chi connectivity index (χ0v) is 21.0. The Morgan fingerprint density at radius 2 is 1.94 bits per heavy atom. The number of nitrogens with zero attached hydrogens (tertiary/aromatic N) is 5. The maximum atomic E-state index is 12.6. The van der Waals surface area contributed by atoms with Crippen LogP contribution in [0, 0.1) is 11.3 Å². The number of rotatable bonds is 7. The van der Waals surface area contributed by atoms with E-state index in [0.29, 0.717) is 55.8 Å². The highest BCUT2D eigenvalue weighted by Crippen LogP contribution is 2.46. The van der Waals surface area contributed by atoms with E-state index in [1.807, 2.05) is 42.3 Å². The summed E-state index contributed by atoms with van der Waals surface area (Å²) >= 11 is 0. The molecular weight excluding hydrogens is 454 g/mol. The van der Waals surface area contributed by atoms with Crippen LogP contribution in [0.25, 0.3) is 21.9 Å². The smallest absolute Gasteiger partial charge is 0.225 e. The molecule has 5 rings (SSSR count). The number of piperazine rings is 1. The summed E-state index contributed by atoms with van der Waals surface area (Å²) < 4.78 is 10.6. The second kappa shape index (κ2) is 10.1. The molecule has 0 unspecified atom stereocenters. The average Bonchev–Trinajstić information content (AvgIpc) is 3.76. The lowest BCUT2D eigenvalue weighted by atomic mass is 9.96. The van der Waals surface area contributed by atoms with Gasteiger partial charge in [0, 0.05) is 61.4 Å². The van der Waals surface area contributed by atoms with Gasteiger partial charge in [-0.15, -0.1) is 0 Å². The summed E-state index contributed by atoms with van der Waals surface area (Å²) in [6.45, 7) is 4.35. The highest BCUT2D eigenvalue weighted by molar-refractivity contribution is 5.99. The number of aromatic nitrogens is 2. The molecule has 2 fully saturated rings. The minimum atomic E-state index is 0.0234. The summed E-state index contributed by atoms with van der Waals surface area (Å²) in [4.78, 5) is 26.3. The molecule has 1 aliphatic carbocycles. The largest absolute Gasteiger partial charge is 0.481 e. The van der Waals surface area contributed by atoms with Crippen LogP contribution in [0.4, 0.5) is 5.82 Å². The van der Waals surface area contributed by atoms with Gasteiger partial charge in [0.2, 0.25) is 11.8 Å². The fourth-order valence-corrected chi connectivity index (χ4v) is 5.12. The van der Waals surface area contributed by atoms with Crippen LogP contribution in [0.15, 0.2) is 36.5 Å². The highest BCUT2D eigenvalue weighted by Gasteiger charge is 2.33. The molecule has 2 aliphatic rings. The molecule has 3 heterocycles. The zero-order chi connectivity index (χ0) is 25.2. The van der Waals surface area contributed by atoms with Crippen LogP contribution in [0.1, 0.15) is 43.4 Å². The van der Waals surface area contributed by atoms with E-state index in [9.17, 15) is 10.1 Å². The predicted octanol–water partition coefficient (Wildman–Crippen LogP) is 4.13. The van der Waals surface area contributed by atoms with E-state index in [4.69, 9.17) is 14.5 Å². The number of pyridine rings is 2. The van der Waals surface area contributed by atoms with E-state index < -0.39 is 0 Å². The molecule has 0 N–H and O–H groups in total. The zero-order valence-electron chi connectivity index (χ0n) is 21.0.